The zero-order chi connectivity index (χ0) is 13.1. The zero-order valence-electron chi connectivity index (χ0n) is 11.3. The molecule has 1 atom stereocenters. The Hall–Kier alpha value is -1.26. The molecule has 0 bridgehead atoms. The number of aromatic nitrogens is 2. The molecule has 2 rings (SSSR count). The van der Waals surface area contributed by atoms with E-state index >= 15 is 0 Å². The van der Waals surface area contributed by atoms with Gasteiger partial charge in [0.2, 0.25) is 0 Å². The van der Waals surface area contributed by atoms with Crippen LogP contribution in [0.5, 0.6) is 0 Å². The van der Waals surface area contributed by atoms with Gasteiger partial charge < -0.3 is 5.32 Å². The van der Waals surface area contributed by atoms with Crippen LogP contribution in [0, 0.1) is 13.8 Å². The fourth-order valence-corrected chi connectivity index (χ4v) is 3.09. The number of aryl methyl sites for hydroxylation is 1. The van der Waals surface area contributed by atoms with Gasteiger partial charge in [-0.05, 0) is 38.4 Å². The van der Waals surface area contributed by atoms with Crippen molar-refractivity contribution in [1.29, 1.82) is 0 Å². The quantitative estimate of drug-likeness (QED) is 0.915. The zero-order valence-corrected chi connectivity index (χ0v) is 12.1. The summed E-state index contributed by atoms with van der Waals surface area (Å²) in [6.45, 7) is 6.42. The molecule has 1 N–H and O–H groups in total. The van der Waals surface area contributed by atoms with Crippen molar-refractivity contribution in [3.63, 3.8) is 0 Å². The van der Waals surface area contributed by atoms with E-state index in [1.807, 2.05) is 7.05 Å². The van der Waals surface area contributed by atoms with Gasteiger partial charge in [-0.1, -0.05) is 36.5 Å². The van der Waals surface area contributed by atoms with E-state index in [-0.39, 0.29) is 0 Å². The lowest BCUT2D eigenvalue weighted by Gasteiger charge is -2.08. The maximum atomic E-state index is 4.33. The summed E-state index contributed by atoms with van der Waals surface area (Å²) in [7, 11) is 1.97. The van der Waals surface area contributed by atoms with Crippen molar-refractivity contribution < 1.29 is 0 Å². The topological polar surface area (TPSA) is 37.8 Å². The number of rotatable bonds is 4. The predicted octanol–water partition coefficient (Wildman–Crippen LogP) is 3.49. The molecule has 0 fully saturated rings. The van der Waals surface area contributed by atoms with Crippen molar-refractivity contribution in [3.05, 3.63) is 34.3 Å². The third-order valence-electron chi connectivity index (χ3n) is 3.33. The predicted molar refractivity (Wildman–Crippen MR) is 76.9 cm³/mol. The van der Waals surface area contributed by atoms with E-state index in [0.717, 1.165) is 16.4 Å². The summed E-state index contributed by atoms with van der Waals surface area (Å²) in [6, 6.07) is 6.63. The Labute approximate surface area is 112 Å². The Morgan fingerprint density at radius 1 is 1.28 bits per heavy atom. The summed E-state index contributed by atoms with van der Waals surface area (Å²) in [6.07, 6.45) is 1.03. The van der Waals surface area contributed by atoms with Crippen molar-refractivity contribution in [2.24, 2.45) is 0 Å². The van der Waals surface area contributed by atoms with Crippen LogP contribution in [0.1, 0.15) is 35.5 Å². The highest BCUT2D eigenvalue weighted by atomic mass is 32.1. The molecule has 1 aromatic carbocycles. The van der Waals surface area contributed by atoms with Crippen LogP contribution >= 0.6 is 11.3 Å². The second kappa shape index (κ2) is 5.59. The van der Waals surface area contributed by atoms with E-state index in [1.54, 1.807) is 11.3 Å². The summed E-state index contributed by atoms with van der Waals surface area (Å²) in [5.41, 5.74) is 3.78. The number of benzene rings is 1. The molecule has 0 saturated heterocycles. The van der Waals surface area contributed by atoms with Crippen molar-refractivity contribution in [1.82, 2.24) is 15.5 Å². The van der Waals surface area contributed by atoms with Crippen LogP contribution in [0.2, 0.25) is 0 Å². The number of nitrogens with zero attached hydrogens (tertiary/aromatic N) is 2. The van der Waals surface area contributed by atoms with E-state index in [4.69, 9.17) is 0 Å². The monoisotopic (exact) mass is 261 g/mol. The van der Waals surface area contributed by atoms with Gasteiger partial charge in [-0.3, -0.25) is 0 Å². The summed E-state index contributed by atoms with van der Waals surface area (Å²) in [4.78, 5) is 0. The average molecular weight is 261 g/mol. The smallest absolute Gasteiger partial charge is 0.148 e. The summed E-state index contributed by atoms with van der Waals surface area (Å²) >= 11 is 1.68. The third-order valence-corrected chi connectivity index (χ3v) is 4.40. The van der Waals surface area contributed by atoms with Gasteiger partial charge in [0, 0.05) is 5.56 Å². The fourth-order valence-electron chi connectivity index (χ4n) is 1.97. The normalized spacial score (nSPS) is 12.7. The lowest BCUT2D eigenvalue weighted by atomic mass is 10.0. The lowest BCUT2D eigenvalue weighted by Crippen LogP contribution is -2.14. The molecule has 0 amide bonds. The fraction of sp³-hybridized carbons (Fsp3) is 0.429. The molecule has 18 heavy (non-hydrogen) atoms. The Bertz CT molecular complexity index is 530. The standard InChI is InChI=1S/C14H19N3S/c1-5-12(15-4)14-17-16-13(18-14)11-8-6-7-9(2)10(11)3/h6-8,12,15H,5H2,1-4H3. The Morgan fingerprint density at radius 3 is 2.72 bits per heavy atom. The van der Waals surface area contributed by atoms with E-state index in [1.165, 1.54) is 16.7 Å². The summed E-state index contributed by atoms with van der Waals surface area (Å²) in [5.74, 6) is 0. The average Bonchev–Trinajstić information content (AvgIpc) is 2.84. The van der Waals surface area contributed by atoms with Crippen molar-refractivity contribution in [2.45, 2.75) is 33.2 Å². The molecular formula is C14H19N3S. The first-order chi connectivity index (χ1) is 8.67. The van der Waals surface area contributed by atoms with E-state index in [0.29, 0.717) is 6.04 Å². The molecule has 1 aromatic heterocycles. The molecule has 3 nitrogen and oxygen atoms in total. The molecule has 0 aliphatic rings. The van der Waals surface area contributed by atoms with Gasteiger partial charge in [0.15, 0.2) is 0 Å². The second-order valence-electron chi connectivity index (χ2n) is 4.44. The third kappa shape index (κ3) is 2.44. The van der Waals surface area contributed by atoms with Crippen LogP contribution < -0.4 is 5.32 Å². The van der Waals surface area contributed by atoms with Gasteiger partial charge in [-0.15, -0.1) is 10.2 Å². The first-order valence-corrected chi connectivity index (χ1v) is 7.06. The first-order valence-electron chi connectivity index (χ1n) is 6.24. The van der Waals surface area contributed by atoms with E-state index < -0.39 is 0 Å². The summed E-state index contributed by atoms with van der Waals surface area (Å²) in [5, 5.41) is 14.0. The lowest BCUT2D eigenvalue weighted by molar-refractivity contribution is 0.568. The maximum absolute atomic E-state index is 4.33. The molecule has 0 aliphatic carbocycles. The van der Waals surface area contributed by atoms with Crippen LogP contribution in [0.4, 0.5) is 0 Å². The largest absolute Gasteiger partial charge is 0.311 e. The van der Waals surface area contributed by atoms with Gasteiger partial charge in [-0.2, -0.15) is 0 Å². The highest BCUT2D eigenvalue weighted by Gasteiger charge is 2.15. The highest BCUT2D eigenvalue weighted by Crippen LogP contribution is 2.30. The molecule has 2 aromatic rings. The first kappa shape index (κ1) is 13.2. The highest BCUT2D eigenvalue weighted by molar-refractivity contribution is 7.14. The minimum absolute atomic E-state index is 0.307. The van der Waals surface area contributed by atoms with Crippen molar-refractivity contribution in [3.8, 4) is 10.6 Å². The van der Waals surface area contributed by atoms with Gasteiger partial charge >= 0.3 is 0 Å². The van der Waals surface area contributed by atoms with Crippen molar-refractivity contribution >= 4 is 11.3 Å². The molecule has 0 aliphatic heterocycles. The number of nitrogens with one attached hydrogen (secondary N) is 1. The molecule has 0 radical (unpaired) electrons. The summed E-state index contributed by atoms with van der Waals surface area (Å²) < 4.78 is 0. The Morgan fingerprint density at radius 2 is 2.06 bits per heavy atom. The second-order valence-corrected chi connectivity index (χ2v) is 5.45. The Balaban J connectivity index is 2.38. The minimum Gasteiger partial charge on any atom is -0.311 e. The molecule has 4 heteroatoms. The van der Waals surface area contributed by atoms with Crippen LogP contribution in [-0.4, -0.2) is 17.2 Å². The van der Waals surface area contributed by atoms with Crippen LogP contribution in [0.25, 0.3) is 10.6 Å². The Kier molecular flexibility index (Phi) is 4.09. The minimum atomic E-state index is 0.307. The van der Waals surface area contributed by atoms with Crippen LogP contribution in [0.3, 0.4) is 0 Å². The molecular weight excluding hydrogens is 242 g/mol. The molecule has 1 unspecified atom stereocenters. The van der Waals surface area contributed by atoms with Crippen molar-refractivity contribution in [2.75, 3.05) is 7.05 Å². The van der Waals surface area contributed by atoms with Crippen LogP contribution in [0.15, 0.2) is 18.2 Å². The molecule has 1 heterocycles. The van der Waals surface area contributed by atoms with E-state index in [9.17, 15) is 0 Å². The van der Waals surface area contributed by atoms with Gasteiger partial charge in [0.05, 0.1) is 6.04 Å². The maximum Gasteiger partial charge on any atom is 0.148 e. The van der Waals surface area contributed by atoms with Crippen LogP contribution in [-0.2, 0) is 0 Å². The number of hydrogen-bond donors (Lipinski definition) is 1. The van der Waals surface area contributed by atoms with E-state index in [2.05, 4.69) is 54.5 Å². The van der Waals surface area contributed by atoms with Gasteiger partial charge in [0.1, 0.15) is 10.0 Å². The molecule has 0 spiro atoms. The SMILES string of the molecule is CCC(NC)c1nnc(-c2cccc(C)c2C)s1. The number of hydrogen-bond acceptors (Lipinski definition) is 4. The van der Waals surface area contributed by atoms with Gasteiger partial charge in [-0.25, -0.2) is 0 Å². The molecule has 96 valence electrons. The molecule has 0 saturated carbocycles. The van der Waals surface area contributed by atoms with Gasteiger partial charge in [0.25, 0.3) is 0 Å².